The summed E-state index contributed by atoms with van der Waals surface area (Å²) >= 11 is 0. The van der Waals surface area contributed by atoms with Crippen molar-refractivity contribution in [3.63, 3.8) is 0 Å². The highest BCUT2D eigenvalue weighted by Crippen LogP contribution is 2.24. The summed E-state index contributed by atoms with van der Waals surface area (Å²) in [6.45, 7) is 3.45. The lowest BCUT2D eigenvalue weighted by molar-refractivity contribution is 0.0553. The number of aryl methyl sites for hydroxylation is 1. The number of hydrogen-bond donors (Lipinski definition) is 0. The second-order valence-electron chi connectivity index (χ2n) is 5.89. The van der Waals surface area contributed by atoms with E-state index in [1.165, 1.54) is 7.11 Å². The maximum Gasteiger partial charge on any atom is 0.373 e. The number of carbonyl (C=O) groups is 1. The highest BCUT2D eigenvalue weighted by Gasteiger charge is 2.28. The predicted molar refractivity (Wildman–Crippen MR) is 83.9 cm³/mol. The molecule has 2 aromatic heterocycles. The molecule has 1 atom stereocenters. The second kappa shape index (κ2) is 6.55. The van der Waals surface area contributed by atoms with Crippen molar-refractivity contribution in [1.82, 2.24) is 19.4 Å². The average Bonchev–Trinajstić information content (AvgIpc) is 3.17. The van der Waals surface area contributed by atoms with Crippen molar-refractivity contribution in [2.24, 2.45) is 7.05 Å². The van der Waals surface area contributed by atoms with Crippen molar-refractivity contribution in [1.29, 1.82) is 0 Å². The average molecular weight is 318 g/mol. The molecule has 1 aliphatic rings. The summed E-state index contributed by atoms with van der Waals surface area (Å²) in [5.74, 6) is 1.64. The van der Waals surface area contributed by atoms with E-state index in [4.69, 9.17) is 4.42 Å². The Kier molecular flexibility index (Phi) is 4.49. The number of methoxy groups -OCH3 is 1. The third kappa shape index (κ3) is 3.30. The quantitative estimate of drug-likeness (QED) is 0.792. The van der Waals surface area contributed by atoms with Crippen LogP contribution in [-0.2, 0) is 18.3 Å². The molecule has 3 heterocycles. The fourth-order valence-corrected chi connectivity index (χ4v) is 2.94. The molecule has 2 aromatic rings. The Morgan fingerprint density at radius 3 is 2.91 bits per heavy atom. The molecule has 7 heteroatoms. The van der Waals surface area contributed by atoms with Gasteiger partial charge in [-0.05, 0) is 19.2 Å². The lowest BCUT2D eigenvalue weighted by Gasteiger charge is -2.38. The minimum absolute atomic E-state index is 0.247. The molecule has 3 rings (SSSR count). The second-order valence-corrected chi connectivity index (χ2v) is 5.89. The zero-order chi connectivity index (χ0) is 16.4. The number of aromatic nitrogens is 2. The zero-order valence-electron chi connectivity index (χ0n) is 13.7. The Hall–Kier alpha value is -2.12. The van der Waals surface area contributed by atoms with Gasteiger partial charge in [-0.3, -0.25) is 9.80 Å². The van der Waals surface area contributed by atoms with Crippen molar-refractivity contribution in [3.05, 3.63) is 41.9 Å². The number of rotatable bonds is 4. The van der Waals surface area contributed by atoms with Crippen LogP contribution in [0.1, 0.15) is 28.2 Å². The summed E-state index contributed by atoms with van der Waals surface area (Å²) in [6, 6.07) is 3.74. The number of carbonyl (C=O) groups excluding carboxylic acids is 1. The van der Waals surface area contributed by atoms with Gasteiger partial charge in [0.15, 0.2) is 0 Å². The summed E-state index contributed by atoms with van der Waals surface area (Å²) in [7, 11) is 5.49. The van der Waals surface area contributed by atoms with Gasteiger partial charge >= 0.3 is 5.97 Å². The van der Waals surface area contributed by atoms with Crippen molar-refractivity contribution in [2.45, 2.75) is 12.6 Å². The molecule has 0 spiro atoms. The van der Waals surface area contributed by atoms with Gasteiger partial charge < -0.3 is 13.7 Å². The van der Waals surface area contributed by atoms with E-state index in [1.54, 1.807) is 6.07 Å². The van der Waals surface area contributed by atoms with E-state index in [1.807, 2.05) is 25.5 Å². The Morgan fingerprint density at radius 2 is 2.22 bits per heavy atom. The highest BCUT2D eigenvalue weighted by atomic mass is 16.5. The summed E-state index contributed by atoms with van der Waals surface area (Å²) in [6.07, 6.45) is 3.80. The van der Waals surface area contributed by atoms with E-state index in [0.29, 0.717) is 6.54 Å². The van der Waals surface area contributed by atoms with Crippen molar-refractivity contribution >= 4 is 5.97 Å². The van der Waals surface area contributed by atoms with E-state index in [9.17, 15) is 4.79 Å². The van der Waals surface area contributed by atoms with Gasteiger partial charge in [0, 0.05) is 39.1 Å². The van der Waals surface area contributed by atoms with Crippen LogP contribution in [0.2, 0.25) is 0 Å². The minimum Gasteiger partial charge on any atom is -0.463 e. The summed E-state index contributed by atoms with van der Waals surface area (Å²) in [5.41, 5.74) is 0. The van der Waals surface area contributed by atoms with E-state index in [-0.39, 0.29) is 11.8 Å². The monoisotopic (exact) mass is 318 g/mol. The van der Waals surface area contributed by atoms with Gasteiger partial charge in [-0.25, -0.2) is 9.78 Å². The molecule has 1 saturated heterocycles. The van der Waals surface area contributed by atoms with E-state index in [0.717, 1.165) is 31.2 Å². The van der Waals surface area contributed by atoms with Crippen LogP contribution in [0.3, 0.4) is 0 Å². The Bertz CT molecular complexity index is 678. The van der Waals surface area contributed by atoms with Gasteiger partial charge in [0.2, 0.25) is 5.76 Å². The van der Waals surface area contributed by atoms with Crippen LogP contribution in [0.5, 0.6) is 0 Å². The summed E-state index contributed by atoms with van der Waals surface area (Å²) in [5, 5.41) is 0. The van der Waals surface area contributed by atoms with Crippen LogP contribution in [0, 0.1) is 0 Å². The maximum absolute atomic E-state index is 11.5. The molecule has 1 aliphatic heterocycles. The van der Waals surface area contributed by atoms with Crippen LogP contribution in [0.4, 0.5) is 0 Å². The molecule has 0 N–H and O–H groups in total. The van der Waals surface area contributed by atoms with Gasteiger partial charge in [-0.2, -0.15) is 0 Å². The Balaban J connectivity index is 1.68. The maximum atomic E-state index is 11.5. The van der Waals surface area contributed by atoms with Crippen LogP contribution in [-0.4, -0.2) is 59.1 Å². The van der Waals surface area contributed by atoms with Gasteiger partial charge in [0.1, 0.15) is 11.6 Å². The number of furan rings is 1. The zero-order valence-corrected chi connectivity index (χ0v) is 13.7. The predicted octanol–water partition coefficient (Wildman–Crippen LogP) is 1.29. The summed E-state index contributed by atoms with van der Waals surface area (Å²) < 4.78 is 12.3. The third-order valence-electron chi connectivity index (χ3n) is 4.32. The fourth-order valence-electron chi connectivity index (χ4n) is 2.94. The Morgan fingerprint density at radius 1 is 1.39 bits per heavy atom. The molecular weight excluding hydrogens is 296 g/mol. The molecule has 23 heavy (non-hydrogen) atoms. The Labute approximate surface area is 135 Å². The topological polar surface area (TPSA) is 63.7 Å². The molecule has 0 radical (unpaired) electrons. The van der Waals surface area contributed by atoms with Gasteiger partial charge in [-0.1, -0.05) is 0 Å². The minimum atomic E-state index is -0.444. The fraction of sp³-hybridized carbons (Fsp3) is 0.500. The number of imidazole rings is 1. The smallest absolute Gasteiger partial charge is 0.373 e. The summed E-state index contributed by atoms with van der Waals surface area (Å²) in [4.78, 5) is 20.6. The molecule has 0 aliphatic carbocycles. The largest absolute Gasteiger partial charge is 0.463 e. The number of likely N-dealkylation sites (N-methyl/N-ethyl adjacent to an activating group) is 1. The molecule has 0 amide bonds. The standard InChI is InChI=1S/C16H22N4O3/c1-18-8-9-20(11-13(18)15-17-6-7-19(15)2)10-12-4-5-14(23-12)16(21)22-3/h4-7,13H,8-11H2,1-3H3. The molecule has 0 saturated carbocycles. The van der Waals surface area contributed by atoms with Crippen molar-refractivity contribution in [2.75, 3.05) is 33.8 Å². The number of piperazine rings is 1. The van der Waals surface area contributed by atoms with Gasteiger partial charge in [0.05, 0.1) is 19.7 Å². The molecule has 0 bridgehead atoms. The van der Waals surface area contributed by atoms with E-state index >= 15 is 0 Å². The van der Waals surface area contributed by atoms with Gasteiger partial charge in [-0.15, -0.1) is 0 Å². The number of nitrogens with zero attached hydrogens (tertiary/aromatic N) is 4. The molecular formula is C16H22N4O3. The molecule has 7 nitrogen and oxygen atoms in total. The highest BCUT2D eigenvalue weighted by molar-refractivity contribution is 5.86. The van der Waals surface area contributed by atoms with Crippen LogP contribution >= 0.6 is 0 Å². The van der Waals surface area contributed by atoms with Crippen LogP contribution in [0.15, 0.2) is 28.9 Å². The molecule has 0 aromatic carbocycles. The molecule has 124 valence electrons. The SMILES string of the molecule is COC(=O)c1ccc(CN2CCN(C)C(c3nccn3C)C2)o1. The van der Waals surface area contributed by atoms with E-state index in [2.05, 4.69) is 31.1 Å². The van der Waals surface area contributed by atoms with Crippen molar-refractivity contribution < 1.29 is 13.9 Å². The molecule has 1 fully saturated rings. The normalized spacial score (nSPS) is 19.9. The number of esters is 1. The van der Waals surface area contributed by atoms with E-state index < -0.39 is 5.97 Å². The first-order valence-electron chi connectivity index (χ1n) is 7.65. The number of ether oxygens (including phenoxy) is 1. The van der Waals surface area contributed by atoms with Gasteiger partial charge in [0.25, 0.3) is 0 Å². The van der Waals surface area contributed by atoms with Crippen molar-refractivity contribution in [3.8, 4) is 0 Å². The lowest BCUT2D eigenvalue weighted by atomic mass is 10.1. The van der Waals surface area contributed by atoms with Crippen LogP contribution < -0.4 is 0 Å². The lowest BCUT2D eigenvalue weighted by Crippen LogP contribution is -2.46. The third-order valence-corrected chi connectivity index (χ3v) is 4.32. The first kappa shape index (κ1) is 15.8. The van der Waals surface area contributed by atoms with Crippen LogP contribution in [0.25, 0.3) is 0 Å². The first-order chi connectivity index (χ1) is 11.1. The molecule has 1 unspecified atom stereocenters. The first-order valence-corrected chi connectivity index (χ1v) is 7.65. The number of hydrogen-bond acceptors (Lipinski definition) is 6.